The Labute approximate surface area is 149 Å². The van der Waals surface area contributed by atoms with Crippen molar-refractivity contribution in [1.29, 1.82) is 0 Å². The van der Waals surface area contributed by atoms with Gasteiger partial charge in [-0.25, -0.2) is 0 Å². The summed E-state index contributed by atoms with van der Waals surface area (Å²) < 4.78 is 6.40. The lowest BCUT2D eigenvalue weighted by atomic mass is 10.00. The van der Waals surface area contributed by atoms with Crippen LogP contribution in [-0.4, -0.2) is 12.5 Å². The van der Waals surface area contributed by atoms with Gasteiger partial charge in [0, 0.05) is 0 Å². The van der Waals surface area contributed by atoms with Crippen LogP contribution in [0.25, 0.3) is 10.8 Å². The smallest absolute Gasteiger partial charge is 0.258 e. The van der Waals surface area contributed by atoms with E-state index in [1.165, 1.54) is 5.39 Å². The van der Waals surface area contributed by atoms with Gasteiger partial charge in [-0.1, -0.05) is 54.6 Å². The maximum absolute atomic E-state index is 12.2. The van der Waals surface area contributed by atoms with Gasteiger partial charge in [0.2, 0.25) is 0 Å². The van der Waals surface area contributed by atoms with Crippen molar-refractivity contribution in [2.24, 2.45) is 0 Å². The fourth-order valence-corrected chi connectivity index (χ4v) is 3.09. The van der Waals surface area contributed by atoms with Gasteiger partial charge in [-0.15, -0.1) is 0 Å². The molecule has 0 spiro atoms. The zero-order valence-electron chi connectivity index (χ0n) is 13.3. The molecule has 4 heteroatoms. The van der Waals surface area contributed by atoms with Crippen LogP contribution in [0.4, 0.5) is 0 Å². The number of para-hydroxylation sites is 1. The lowest BCUT2D eigenvalue weighted by Gasteiger charge is -2.17. The van der Waals surface area contributed by atoms with E-state index in [2.05, 4.69) is 39.4 Å². The van der Waals surface area contributed by atoms with Crippen LogP contribution in [0.15, 0.2) is 71.2 Å². The molecule has 1 amide bonds. The molecular weight excluding hydrogens is 366 g/mol. The van der Waals surface area contributed by atoms with Crippen LogP contribution in [0.3, 0.4) is 0 Å². The molecule has 0 fully saturated rings. The zero-order chi connectivity index (χ0) is 16.9. The summed E-state index contributed by atoms with van der Waals surface area (Å²) in [4.78, 5) is 12.2. The van der Waals surface area contributed by atoms with Crippen LogP contribution in [0.1, 0.15) is 18.5 Å². The van der Waals surface area contributed by atoms with Gasteiger partial charge in [0.15, 0.2) is 6.61 Å². The highest BCUT2D eigenvalue weighted by atomic mass is 79.9. The molecule has 0 aromatic heterocycles. The molecule has 1 atom stereocenters. The maximum atomic E-state index is 12.2. The molecule has 1 unspecified atom stereocenters. The molecule has 3 aromatic rings. The van der Waals surface area contributed by atoms with E-state index in [4.69, 9.17) is 4.74 Å². The molecule has 0 aliphatic heterocycles. The molecule has 3 aromatic carbocycles. The summed E-state index contributed by atoms with van der Waals surface area (Å²) in [5.41, 5.74) is 1.10. The summed E-state index contributed by atoms with van der Waals surface area (Å²) in [7, 11) is 0. The summed E-state index contributed by atoms with van der Waals surface area (Å²) in [6, 6.07) is 21.7. The second kappa shape index (κ2) is 7.49. The third-order valence-electron chi connectivity index (χ3n) is 3.86. The molecule has 0 saturated carbocycles. The summed E-state index contributed by atoms with van der Waals surface area (Å²) in [5, 5.41) is 5.32. The van der Waals surface area contributed by atoms with Crippen LogP contribution >= 0.6 is 15.9 Å². The number of carbonyl (C=O) groups excluding carboxylic acids is 1. The molecule has 0 bridgehead atoms. The third kappa shape index (κ3) is 3.77. The minimum atomic E-state index is -0.147. The van der Waals surface area contributed by atoms with Crippen LogP contribution in [0.5, 0.6) is 5.75 Å². The van der Waals surface area contributed by atoms with Crippen molar-refractivity contribution in [3.63, 3.8) is 0 Å². The number of nitrogens with one attached hydrogen (secondary N) is 1. The molecule has 0 aliphatic carbocycles. The molecule has 0 saturated heterocycles. The Kier molecular flexibility index (Phi) is 5.16. The molecular formula is C20H18BrNO2. The maximum Gasteiger partial charge on any atom is 0.258 e. The fraction of sp³-hybridized carbons (Fsp3) is 0.150. The summed E-state index contributed by atoms with van der Waals surface area (Å²) in [5.74, 6) is 0.511. The van der Waals surface area contributed by atoms with Gasteiger partial charge >= 0.3 is 0 Å². The summed E-state index contributed by atoms with van der Waals surface area (Å²) >= 11 is 3.40. The van der Waals surface area contributed by atoms with Crippen molar-refractivity contribution in [3.8, 4) is 5.75 Å². The van der Waals surface area contributed by atoms with E-state index < -0.39 is 0 Å². The van der Waals surface area contributed by atoms with Gasteiger partial charge in [-0.2, -0.15) is 0 Å². The van der Waals surface area contributed by atoms with Crippen LogP contribution in [0, 0.1) is 0 Å². The minimum Gasteiger partial charge on any atom is -0.483 e. The Morgan fingerprint density at radius 3 is 2.58 bits per heavy atom. The van der Waals surface area contributed by atoms with Gasteiger partial charge in [0.1, 0.15) is 5.75 Å². The molecule has 1 N–H and O–H groups in total. The first-order chi connectivity index (χ1) is 11.6. The highest BCUT2D eigenvalue weighted by molar-refractivity contribution is 9.10. The number of fused-ring (bicyclic) bond motifs is 1. The number of rotatable bonds is 5. The highest BCUT2D eigenvalue weighted by Gasteiger charge is 2.13. The van der Waals surface area contributed by atoms with Crippen molar-refractivity contribution < 1.29 is 9.53 Å². The summed E-state index contributed by atoms with van der Waals surface area (Å²) in [6.07, 6.45) is 0. The number of benzene rings is 3. The SMILES string of the molecule is CC(NC(=O)COc1ccccc1Br)c1cccc2ccccc12. The predicted molar refractivity (Wildman–Crippen MR) is 100 cm³/mol. The van der Waals surface area contributed by atoms with Crippen LogP contribution < -0.4 is 10.1 Å². The predicted octanol–water partition coefficient (Wildman–Crippen LogP) is 4.86. The Balaban J connectivity index is 1.67. The monoisotopic (exact) mass is 383 g/mol. The van der Waals surface area contributed by atoms with Crippen molar-refractivity contribution in [2.45, 2.75) is 13.0 Å². The first-order valence-electron chi connectivity index (χ1n) is 7.79. The van der Waals surface area contributed by atoms with E-state index in [-0.39, 0.29) is 18.6 Å². The molecule has 3 nitrogen and oxygen atoms in total. The molecule has 0 heterocycles. The molecule has 122 valence electrons. The van der Waals surface area contributed by atoms with Gasteiger partial charge < -0.3 is 10.1 Å². The molecule has 24 heavy (non-hydrogen) atoms. The number of hydrogen-bond acceptors (Lipinski definition) is 2. The van der Waals surface area contributed by atoms with Crippen molar-refractivity contribution in [2.75, 3.05) is 6.61 Å². The summed E-state index contributed by atoms with van der Waals surface area (Å²) in [6.45, 7) is 1.97. The standard InChI is InChI=1S/C20H18BrNO2/c1-14(16-10-6-8-15-7-2-3-9-17(15)16)22-20(23)13-24-19-12-5-4-11-18(19)21/h2-12,14H,13H2,1H3,(H,22,23). The Hall–Kier alpha value is -2.33. The average Bonchev–Trinajstić information content (AvgIpc) is 2.60. The van der Waals surface area contributed by atoms with Crippen LogP contribution in [0.2, 0.25) is 0 Å². The van der Waals surface area contributed by atoms with Crippen molar-refractivity contribution >= 4 is 32.6 Å². The van der Waals surface area contributed by atoms with E-state index in [0.29, 0.717) is 5.75 Å². The second-order valence-corrected chi connectivity index (χ2v) is 6.43. The first-order valence-corrected chi connectivity index (χ1v) is 8.59. The average molecular weight is 384 g/mol. The first kappa shape index (κ1) is 16.5. The van der Waals surface area contributed by atoms with E-state index >= 15 is 0 Å². The molecule has 0 radical (unpaired) electrons. The van der Waals surface area contributed by atoms with E-state index in [1.807, 2.05) is 55.5 Å². The third-order valence-corrected chi connectivity index (χ3v) is 4.52. The van der Waals surface area contributed by atoms with Crippen LogP contribution in [-0.2, 0) is 4.79 Å². The normalized spacial score (nSPS) is 11.9. The quantitative estimate of drug-likeness (QED) is 0.683. The minimum absolute atomic E-state index is 0.0162. The van der Waals surface area contributed by atoms with E-state index in [9.17, 15) is 4.79 Å². The van der Waals surface area contributed by atoms with Crippen molar-refractivity contribution in [1.82, 2.24) is 5.32 Å². The lowest BCUT2D eigenvalue weighted by Crippen LogP contribution is -2.31. The number of hydrogen-bond donors (Lipinski definition) is 1. The van der Waals surface area contributed by atoms with Gasteiger partial charge in [0.05, 0.1) is 10.5 Å². The Bertz CT molecular complexity index is 858. The number of ether oxygens (including phenoxy) is 1. The van der Waals surface area contributed by atoms with E-state index in [0.717, 1.165) is 15.4 Å². The Morgan fingerprint density at radius 2 is 1.75 bits per heavy atom. The van der Waals surface area contributed by atoms with Gasteiger partial charge in [0.25, 0.3) is 5.91 Å². The second-order valence-electron chi connectivity index (χ2n) is 5.58. The molecule has 0 aliphatic rings. The topological polar surface area (TPSA) is 38.3 Å². The van der Waals surface area contributed by atoms with E-state index in [1.54, 1.807) is 0 Å². The number of halogens is 1. The Morgan fingerprint density at radius 1 is 1.04 bits per heavy atom. The largest absolute Gasteiger partial charge is 0.483 e. The fourth-order valence-electron chi connectivity index (χ4n) is 2.69. The van der Waals surface area contributed by atoms with Gasteiger partial charge in [-0.05, 0) is 51.3 Å². The molecule has 3 rings (SSSR count). The number of carbonyl (C=O) groups is 1. The highest BCUT2D eigenvalue weighted by Crippen LogP contribution is 2.25. The van der Waals surface area contributed by atoms with Gasteiger partial charge in [-0.3, -0.25) is 4.79 Å². The number of amides is 1. The lowest BCUT2D eigenvalue weighted by molar-refractivity contribution is -0.123. The van der Waals surface area contributed by atoms with Crippen molar-refractivity contribution in [3.05, 3.63) is 76.8 Å². The zero-order valence-corrected chi connectivity index (χ0v) is 14.9.